The van der Waals surface area contributed by atoms with Gasteiger partial charge in [0.2, 0.25) is 0 Å². The Morgan fingerprint density at radius 3 is 1.71 bits per heavy atom. The minimum absolute atomic E-state index is 0.106. The largest absolute Gasteiger partial charge is 0.496 e. The zero-order valence-electron chi connectivity index (χ0n) is 17.4. The molecule has 4 N–H and O–H groups in total. The summed E-state index contributed by atoms with van der Waals surface area (Å²) in [4.78, 5) is 47.9. The van der Waals surface area contributed by atoms with Crippen LogP contribution in [-0.2, 0) is 0 Å². The van der Waals surface area contributed by atoms with E-state index in [0.717, 1.165) is 36.4 Å². The van der Waals surface area contributed by atoms with E-state index in [0.29, 0.717) is 0 Å². The van der Waals surface area contributed by atoms with Crippen molar-refractivity contribution in [1.29, 1.82) is 0 Å². The molecule has 0 aliphatic heterocycles. The second-order valence-electron chi connectivity index (χ2n) is 6.76. The van der Waals surface area contributed by atoms with Gasteiger partial charge in [0.1, 0.15) is 17.4 Å². The van der Waals surface area contributed by atoms with E-state index in [1.807, 2.05) is 0 Å². The third-order valence-corrected chi connectivity index (χ3v) is 4.67. The number of para-hydroxylation sites is 2. The van der Waals surface area contributed by atoms with Crippen LogP contribution < -0.4 is 15.4 Å². The molecule has 0 bridgehead atoms. The number of carboxylic acid groups (broad SMARTS) is 2. The summed E-state index contributed by atoms with van der Waals surface area (Å²) in [5, 5.41) is 22.8. The van der Waals surface area contributed by atoms with Gasteiger partial charge in [0.05, 0.1) is 35.2 Å². The summed E-state index contributed by atoms with van der Waals surface area (Å²) in [6, 6.07) is 9.99. The molecule has 3 aromatic carbocycles. The standard InChI is InChI=1S/C23H16F2N2O7/c1-34-17-10-11(20(28)26-18-13(22(30)31)4-2-6-15(18)24)8-9-12(17)21(29)27-19-14(23(32)33)5-3-7-16(19)25/h2-10H,1H3,(H,26,28)(H,27,29)(H,30,31)(H,32,33). The quantitative estimate of drug-likeness (QED) is 0.411. The molecule has 11 heteroatoms. The number of aromatic carboxylic acids is 2. The molecule has 0 atom stereocenters. The van der Waals surface area contributed by atoms with E-state index >= 15 is 0 Å². The number of amides is 2. The molecule has 0 unspecified atom stereocenters. The smallest absolute Gasteiger partial charge is 0.337 e. The first-order valence-corrected chi connectivity index (χ1v) is 9.48. The topological polar surface area (TPSA) is 142 Å². The van der Waals surface area contributed by atoms with Crippen LogP contribution in [0.5, 0.6) is 5.75 Å². The minimum atomic E-state index is -1.46. The summed E-state index contributed by atoms with van der Waals surface area (Å²) in [7, 11) is 1.19. The maximum absolute atomic E-state index is 14.1. The molecule has 0 fully saturated rings. The molecule has 9 nitrogen and oxygen atoms in total. The van der Waals surface area contributed by atoms with Gasteiger partial charge in [-0.15, -0.1) is 0 Å². The van der Waals surface area contributed by atoms with Crippen molar-refractivity contribution in [1.82, 2.24) is 0 Å². The lowest BCUT2D eigenvalue weighted by molar-refractivity contribution is 0.0686. The monoisotopic (exact) mass is 470 g/mol. The number of rotatable bonds is 7. The molecule has 3 aromatic rings. The molecule has 0 spiro atoms. The molecule has 2 amide bonds. The molecular weight excluding hydrogens is 454 g/mol. The fourth-order valence-corrected chi connectivity index (χ4v) is 3.05. The Kier molecular flexibility index (Phi) is 6.86. The van der Waals surface area contributed by atoms with Crippen LogP contribution in [0.4, 0.5) is 20.2 Å². The van der Waals surface area contributed by atoms with Crippen LogP contribution in [-0.4, -0.2) is 41.1 Å². The third-order valence-electron chi connectivity index (χ3n) is 4.67. The molecule has 0 aliphatic carbocycles. The maximum Gasteiger partial charge on any atom is 0.337 e. The molecule has 0 radical (unpaired) electrons. The van der Waals surface area contributed by atoms with Crippen molar-refractivity contribution < 1.29 is 42.9 Å². The Balaban J connectivity index is 1.90. The summed E-state index contributed by atoms with van der Waals surface area (Å²) in [6.45, 7) is 0. The summed E-state index contributed by atoms with van der Waals surface area (Å²) in [5.74, 6) is -6.78. The molecule has 174 valence electrons. The Morgan fingerprint density at radius 2 is 1.24 bits per heavy atom. The van der Waals surface area contributed by atoms with Gasteiger partial charge in [-0.3, -0.25) is 9.59 Å². The van der Waals surface area contributed by atoms with E-state index in [-0.39, 0.29) is 16.9 Å². The van der Waals surface area contributed by atoms with E-state index in [4.69, 9.17) is 4.74 Å². The van der Waals surface area contributed by atoms with Crippen LogP contribution in [0.25, 0.3) is 0 Å². The Labute approximate surface area is 190 Å². The fourth-order valence-electron chi connectivity index (χ4n) is 3.05. The first-order valence-electron chi connectivity index (χ1n) is 9.48. The number of carbonyl (C=O) groups excluding carboxylic acids is 2. The lowest BCUT2D eigenvalue weighted by Crippen LogP contribution is -2.19. The summed E-state index contributed by atoms with van der Waals surface area (Å²) in [6.07, 6.45) is 0. The van der Waals surface area contributed by atoms with Crippen LogP contribution >= 0.6 is 0 Å². The molecule has 0 heterocycles. The van der Waals surface area contributed by atoms with Gasteiger partial charge in [-0.05, 0) is 42.5 Å². The molecular formula is C23H16F2N2O7. The maximum atomic E-state index is 14.1. The van der Waals surface area contributed by atoms with Gasteiger partial charge in [-0.25, -0.2) is 18.4 Å². The fraction of sp³-hybridized carbons (Fsp3) is 0.0435. The Morgan fingerprint density at radius 1 is 0.735 bits per heavy atom. The summed E-state index contributed by atoms with van der Waals surface area (Å²) >= 11 is 0. The Hall–Kier alpha value is -4.80. The van der Waals surface area contributed by atoms with E-state index in [1.165, 1.54) is 25.3 Å². The van der Waals surface area contributed by atoms with Crippen molar-refractivity contribution in [3.63, 3.8) is 0 Å². The summed E-state index contributed by atoms with van der Waals surface area (Å²) < 4.78 is 33.4. The van der Waals surface area contributed by atoms with Crippen molar-refractivity contribution >= 4 is 35.1 Å². The van der Waals surface area contributed by atoms with Gasteiger partial charge >= 0.3 is 11.9 Å². The number of halogens is 2. The van der Waals surface area contributed by atoms with Gasteiger partial charge in [0, 0.05) is 5.56 Å². The van der Waals surface area contributed by atoms with Gasteiger partial charge in [0.15, 0.2) is 0 Å². The van der Waals surface area contributed by atoms with Gasteiger partial charge in [0.25, 0.3) is 11.8 Å². The van der Waals surface area contributed by atoms with E-state index in [1.54, 1.807) is 0 Å². The van der Waals surface area contributed by atoms with Gasteiger partial charge in [-0.1, -0.05) is 12.1 Å². The van der Waals surface area contributed by atoms with E-state index in [2.05, 4.69) is 10.6 Å². The highest BCUT2D eigenvalue weighted by atomic mass is 19.1. The average molecular weight is 470 g/mol. The number of hydrogen-bond acceptors (Lipinski definition) is 5. The highest BCUT2D eigenvalue weighted by molar-refractivity contribution is 6.11. The number of hydrogen-bond donors (Lipinski definition) is 4. The van der Waals surface area contributed by atoms with Crippen molar-refractivity contribution in [2.45, 2.75) is 0 Å². The second-order valence-corrected chi connectivity index (χ2v) is 6.76. The van der Waals surface area contributed by atoms with E-state index in [9.17, 15) is 38.2 Å². The number of nitrogens with one attached hydrogen (secondary N) is 2. The third kappa shape index (κ3) is 4.83. The number of carboxylic acids is 2. The first-order chi connectivity index (χ1) is 16.1. The first kappa shape index (κ1) is 23.9. The lowest BCUT2D eigenvalue weighted by atomic mass is 10.1. The van der Waals surface area contributed by atoms with Crippen molar-refractivity contribution in [3.05, 3.63) is 88.5 Å². The molecule has 34 heavy (non-hydrogen) atoms. The van der Waals surface area contributed by atoms with Crippen LogP contribution in [0.2, 0.25) is 0 Å². The predicted molar refractivity (Wildman–Crippen MR) is 116 cm³/mol. The lowest BCUT2D eigenvalue weighted by Gasteiger charge is -2.14. The molecule has 0 aliphatic rings. The molecule has 0 saturated carbocycles. The minimum Gasteiger partial charge on any atom is -0.496 e. The summed E-state index contributed by atoms with van der Waals surface area (Å²) in [5.41, 5.74) is -2.29. The van der Waals surface area contributed by atoms with Crippen molar-refractivity contribution in [3.8, 4) is 5.75 Å². The van der Waals surface area contributed by atoms with Crippen molar-refractivity contribution in [2.24, 2.45) is 0 Å². The molecule has 0 saturated heterocycles. The normalized spacial score (nSPS) is 10.3. The predicted octanol–water partition coefficient (Wildman–Crippen LogP) is 3.87. The number of anilines is 2. The zero-order valence-corrected chi connectivity index (χ0v) is 17.4. The number of benzene rings is 3. The zero-order chi connectivity index (χ0) is 25.0. The van der Waals surface area contributed by atoms with Crippen molar-refractivity contribution in [2.75, 3.05) is 17.7 Å². The second kappa shape index (κ2) is 9.77. The van der Waals surface area contributed by atoms with Gasteiger partial charge in [-0.2, -0.15) is 0 Å². The highest BCUT2D eigenvalue weighted by Gasteiger charge is 2.22. The number of ether oxygens (including phenoxy) is 1. The average Bonchev–Trinajstić information content (AvgIpc) is 2.80. The number of methoxy groups -OCH3 is 1. The van der Waals surface area contributed by atoms with Crippen LogP contribution in [0.15, 0.2) is 54.6 Å². The molecule has 3 rings (SSSR count). The van der Waals surface area contributed by atoms with Crippen LogP contribution in [0.3, 0.4) is 0 Å². The SMILES string of the molecule is COc1cc(C(=O)Nc2c(F)cccc2C(=O)O)ccc1C(=O)Nc1c(F)cccc1C(=O)O. The number of carbonyl (C=O) groups is 4. The molecule has 0 aromatic heterocycles. The Bertz CT molecular complexity index is 1320. The van der Waals surface area contributed by atoms with Crippen LogP contribution in [0, 0.1) is 11.6 Å². The van der Waals surface area contributed by atoms with Gasteiger partial charge < -0.3 is 25.6 Å². The highest BCUT2D eigenvalue weighted by Crippen LogP contribution is 2.26. The van der Waals surface area contributed by atoms with E-state index < -0.39 is 57.9 Å². The van der Waals surface area contributed by atoms with Crippen LogP contribution in [0.1, 0.15) is 41.4 Å².